The number of fused-ring (bicyclic) bond motifs is 1. The minimum absolute atomic E-state index is 0.209. The normalized spacial score (nSPS) is 13.9. The second-order valence-corrected chi connectivity index (χ2v) is 5.15. The lowest BCUT2D eigenvalue weighted by molar-refractivity contribution is 0.0924. The van der Waals surface area contributed by atoms with Crippen molar-refractivity contribution >= 4 is 33.4 Å². The predicted molar refractivity (Wildman–Crippen MR) is 74.3 cm³/mol. The predicted octanol–water partition coefficient (Wildman–Crippen LogP) is 2.95. The van der Waals surface area contributed by atoms with Gasteiger partial charge in [-0.05, 0) is 52.7 Å². The van der Waals surface area contributed by atoms with Gasteiger partial charge in [0.05, 0.1) is 11.3 Å². The van der Waals surface area contributed by atoms with E-state index < -0.39 is 0 Å². The number of carbonyl (C=O) groups excluding carboxylic acids is 2. The van der Waals surface area contributed by atoms with Crippen molar-refractivity contribution < 1.29 is 9.59 Å². The molecule has 2 aromatic rings. The van der Waals surface area contributed by atoms with Crippen LogP contribution < -0.4 is 4.90 Å². The van der Waals surface area contributed by atoms with E-state index in [1.165, 1.54) is 6.20 Å². The molecule has 1 aromatic carbocycles. The number of amides is 2. The molecule has 2 heterocycles. The van der Waals surface area contributed by atoms with Crippen LogP contribution in [-0.4, -0.2) is 16.8 Å². The van der Waals surface area contributed by atoms with Gasteiger partial charge in [-0.2, -0.15) is 0 Å². The van der Waals surface area contributed by atoms with E-state index in [-0.39, 0.29) is 17.5 Å². The molecule has 0 bridgehead atoms. The average Bonchev–Trinajstić information content (AvgIpc) is 2.66. The van der Waals surface area contributed by atoms with Gasteiger partial charge >= 0.3 is 0 Å². The first-order valence-electron chi connectivity index (χ1n) is 5.69. The highest BCUT2D eigenvalue weighted by atomic mass is 79.9. The van der Waals surface area contributed by atoms with Gasteiger partial charge < -0.3 is 0 Å². The lowest BCUT2D eigenvalue weighted by Crippen LogP contribution is -2.29. The van der Waals surface area contributed by atoms with E-state index in [0.29, 0.717) is 15.7 Å². The van der Waals surface area contributed by atoms with Crippen molar-refractivity contribution in [2.24, 2.45) is 0 Å². The smallest absolute Gasteiger partial charge is 0.268 e. The average molecular weight is 317 g/mol. The zero-order valence-corrected chi connectivity index (χ0v) is 11.6. The summed E-state index contributed by atoms with van der Waals surface area (Å²) in [5, 5.41) is 0. The van der Waals surface area contributed by atoms with Crippen molar-refractivity contribution in [2.45, 2.75) is 6.92 Å². The Morgan fingerprint density at radius 3 is 2.68 bits per heavy atom. The minimum Gasteiger partial charge on any atom is -0.268 e. The fraction of sp³-hybridized carbons (Fsp3) is 0.0714. The molecule has 1 aromatic heterocycles. The SMILES string of the molecule is Cc1ccc(Br)c(N2C(=O)c3cccnc3C2=O)c1. The van der Waals surface area contributed by atoms with Crippen LogP contribution >= 0.6 is 15.9 Å². The summed E-state index contributed by atoms with van der Waals surface area (Å²) in [6.07, 6.45) is 1.51. The molecule has 0 aliphatic carbocycles. The van der Waals surface area contributed by atoms with E-state index in [1.807, 2.05) is 19.1 Å². The van der Waals surface area contributed by atoms with Gasteiger partial charge in [-0.15, -0.1) is 0 Å². The highest BCUT2D eigenvalue weighted by molar-refractivity contribution is 9.10. The summed E-state index contributed by atoms with van der Waals surface area (Å²) in [5.41, 5.74) is 2.08. The van der Waals surface area contributed by atoms with Gasteiger partial charge in [0.1, 0.15) is 5.69 Å². The number of hydrogen-bond acceptors (Lipinski definition) is 3. The lowest BCUT2D eigenvalue weighted by Gasteiger charge is -2.16. The van der Waals surface area contributed by atoms with Gasteiger partial charge in [0, 0.05) is 10.7 Å². The molecule has 5 heteroatoms. The van der Waals surface area contributed by atoms with Gasteiger partial charge in [0.15, 0.2) is 0 Å². The molecule has 0 unspecified atom stereocenters. The number of rotatable bonds is 1. The molecular formula is C14H9BrN2O2. The summed E-state index contributed by atoms with van der Waals surface area (Å²) >= 11 is 3.37. The molecule has 0 saturated carbocycles. The first kappa shape index (κ1) is 12.0. The van der Waals surface area contributed by atoms with Crippen molar-refractivity contribution in [3.05, 3.63) is 57.8 Å². The van der Waals surface area contributed by atoms with Crippen LogP contribution in [0.5, 0.6) is 0 Å². The molecule has 94 valence electrons. The Balaban J connectivity index is 2.17. The first-order chi connectivity index (χ1) is 9.09. The van der Waals surface area contributed by atoms with E-state index in [0.717, 1.165) is 10.5 Å². The van der Waals surface area contributed by atoms with Crippen molar-refractivity contribution in [3.63, 3.8) is 0 Å². The number of benzene rings is 1. The lowest BCUT2D eigenvalue weighted by atomic mass is 10.2. The number of halogens is 1. The highest BCUT2D eigenvalue weighted by Gasteiger charge is 2.38. The Labute approximate surface area is 118 Å². The van der Waals surface area contributed by atoms with Crippen LogP contribution in [0.4, 0.5) is 5.69 Å². The van der Waals surface area contributed by atoms with Crippen LogP contribution in [0, 0.1) is 6.92 Å². The van der Waals surface area contributed by atoms with Crippen molar-refractivity contribution in [2.75, 3.05) is 4.90 Å². The zero-order valence-electron chi connectivity index (χ0n) is 10.1. The Bertz CT molecular complexity index is 677. The summed E-state index contributed by atoms with van der Waals surface area (Å²) in [4.78, 5) is 29.8. The molecule has 0 radical (unpaired) electrons. The molecule has 0 N–H and O–H groups in total. The molecule has 1 aliphatic heterocycles. The third-order valence-corrected chi connectivity index (χ3v) is 3.66. The van der Waals surface area contributed by atoms with E-state index in [2.05, 4.69) is 20.9 Å². The minimum atomic E-state index is -0.383. The number of hydrogen-bond donors (Lipinski definition) is 0. The number of nitrogens with zero attached hydrogens (tertiary/aromatic N) is 2. The number of imide groups is 1. The molecule has 1 aliphatic rings. The fourth-order valence-electron chi connectivity index (χ4n) is 2.08. The largest absolute Gasteiger partial charge is 0.284 e. The second kappa shape index (κ2) is 4.28. The van der Waals surface area contributed by atoms with Crippen LogP contribution in [0.1, 0.15) is 26.4 Å². The van der Waals surface area contributed by atoms with Crippen LogP contribution in [0.25, 0.3) is 0 Å². The van der Waals surface area contributed by atoms with Gasteiger partial charge in [-0.1, -0.05) is 6.07 Å². The summed E-state index contributed by atoms with van der Waals surface area (Å²) in [6, 6.07) is 8.79. The molecule has 0 saturated heterocycles. The Hall–Kier alpha value is -2.01. The maximum atomic E-state index is 12.3. The summed E-state index contributed by atoms with van der Waals surface area (Å²) in [7, 11) is 0. The van der Waals surface area contributed by atoms with Crippen LogP contribution in [-0.2, 0) is 0 Å². The monoisotopic (exact) mass is 316 g/mol. The van der Waals surface area contributed by atoms with E-state index in [1.54, 1.807) is 18.2 Å². The van der Waals surface area contributed by atoms with Gasteiger partial charge in [-0.25, -0.2) is 4.90 Å². The van der Waals surface area contributed by atoms with Gasteiger partial charge in [0.25, 0.3) is 11.8 Å². The molecule has 0 fully saturated rings. The van der Waals surface area contributed by atoms with Crippen molar-refractivity contribution in [3.8, 4) is 0 Å². The van der Waals surface area contributed by atoms with E-state index in [9.17, 15) is 9.59 Å². The fourth-order valence-corrected chi connectivity index (χ4v) is 2.50. The molecule has 0 atom stereocenters. The summed E-state index contributed by atoms with van der Waals surface area (Å²) in [5.74, 6) is -0.716. The number of aryl methyl sites for hydroxylation is 1. The molecular weight excluding hydrogens is 308 g/mol. The summed E-state index contributed by atoms with van der Waals surface area (Å²) < 4.78 is 0.701. The highest BCUT2D eigenvalue weighted by Crippen LogP contribution is 2.33. The number of carbonyl (C=O) groups is 2. The Morgan fingerprint density at radius 2 is 1.95 bits per heavy atom. The van der Waals surface area contributed by atoms with Crippen LogP contribution in [0.15, 0.2) is 41.0 Å². The van der Waals surface area contributed by atoms with Gasteiger partial charge in [-0.3, -0.25) is 14.6 Å². The molecule has 19 heavy (non-hydrogen) atoms. The Morgan fingerprint density at radius 1 is 1.16 bits per heavy atom. The second-order valence-electron chi connectivity index (χ2n) is 4.30. The molecule has 3 rings (SSSR count). The van der Waals surface area contributed by atoms with Crippen LogP contribution in [0.3, 0.4) is 0 Å². The summed E-state index contributed by atoms with van der Waals surface area (Å²) in [6.45, 7) is 1.91. The zero-order chi connectivity index (χ0) is 13.6. The third kappa shape index (κ3) is 1.77. The van der Waals surface area contributed by atoms with Crippen molar-refractivity contribution in [1.29, 1.82) is 0 Å². The number of aromatic nitrogens is 1. The van der Waals surface area contributed by atoms with E-state index in [4.69, 9.17) is 0 Å². The molecule has 2 amide bonds. The topological polar surface area (TPSA) is 50.3 Å². The number of anilines is 1. The van der Waals surface area contributed by atoms with Gasteiger partial charge in [0.2, 0.25) is 0 Å². The molecule has 4 nitrogen and oxygen atoms in total. The maximum absolute atomic E-state index is 12.3. The third-order valence-electron chi connectivity index (χ3n) is 2.99. The Kier molecular flexibility index (Phi) is 2.71. The number of pyridine rings is 1. The maximum Gasteiger partial charge on any atom is 0.284 e. The molecule has 0 spiro atoms. The van der Waals surface area contributed by atoms with E-state index >= 15 is 0 Å². The van der Waals surface area contributed by atoms with Crippen molar-refractivity contribution in [1.82, 2.24) is 4.98 Å². The first-order valence-corrected chi connectivity index (χ1v) is 6.49. The standard InChI is InChI=1S/C14H9BrN2O2/c1-8-4-5-10(15)11(7-8)17-13(18)9-3-2-6-16-12(9)14(17)19/h2-7H,1H3. The quantitative estimate of drug-likeness (QED) is 0.760. The van der Waals surface area contributed by atoms with Crippen LogP contribution in [0.2, 0.25) is 0 Å².